The molecule has 0 bridgehead atoms. The molecule has 0 saturated heterocycles. The molecule has 8 nitrogen and oxygen atoms in total. The van der Waals surface area contributed by atoms with E-state index in [4.69, 9.17) is 13.9 Å². The maximum absolute atomic E-state index is 12.7. The van der Waals surface area contributed by atoms with E-state index in [1.54, 1.807) is 20.8 Å². The first kappa shape index (κ1) is 22.6. The van der Waals surface area contributed by atoms with E-state index in [2.05, 4.69) is 15.2 Å². The Hall–Kier alpha value is -3.07. The average molecular weight is 444 g/mol. The van der Waals surface area contributed by atoms with Crippen LogP contribution in [0.15, 0.2) is 27.8 Å². The van der Waals surface area contributed by atoms with E-state index in [1.807, 2.05) is 32.0 Å². The zero-order valence-corrected chi connectivity index (χ0v) is 19.0. The minimum absolute atomic E-state index is 0.0985. The number of aryl methyl sites for hydroxylation is 3. The number of esters is 1. The van der Waals surface area contributed by atoms with Crippen molar-refractivity contribution in [2.45, 2.75) is 46.4 Å². The molecule has 0 radical (unpaired) electrons. The summed E-state index contributed by atoms with van der Waals surface area (Å²) < 4.78 is 16.4. The van der Waals surface area contributed by atoms with E-state index in [0.717, 1.165) is 28.6 Å². The molecule has 3 rings (SSSR count). The predicted octanol–water partition coefficient (Wildman–Crippen LogP) is 4.36. The van der Waals surface area contributed by atoms with Crippen LogP contribution in [0, 0.1) is 27.7 Å². The highest BCUT2D eigenvalue weighted by Crippen LogP contribution is 2.24. The molecule has 0 unspecified atom stereocenters. The maximum atomic E-state index is 12.7. The van der Waals surface area contributed by atoms with Gasteiger partial charge in [0.15, 0.2) is 12.4 Å². The minimum Gasteiger partial charge on any atom is -0.484 e. The number of hydrogen-bond acceptors (Lipinski definition) is 8. The fourth-order valence-corrected chi connectivity index (χ4v) is 3.78. The number of ether oxygens (including phenoxy) is 2. The Labute approximate surface area is 184 Å². The molecular formula is C22H25N3O5S. The Bertz CT molecular complexity index is 1100. The van der Waals surface area contributed by atoms with Crippen molar-refractivity contribution < 1.29 is 23.5 Å². The summed E-state index contributed by atoms with van der Waals surface area (Å²) in [5.74, 6) is 0.576. The third kappa shape index (κ3) is 5.35. The number of aromatic amines is 1. The van der Waals surface area contributed by atoms with Gasteiger partial charge in [-0.3, -0.25) is 4.79 Å². The highest BCUT2D eigenvalue weighted by atomic mass is 32.2. The van der Waals surface area contributed by atoms with Crippen molar-refractivity contribution in [3.8, 4) is 5.75 Å². The van der Waals surface area contributed by atoms with Crippen molar-refractivity contribution in [2.24, 2.45) is 0 Å². The molecule has 0 aliphatic heterocycles. The number of benzene rings is 1. The highest BCUT2D eigenvalue weighted by molar-refractivity contribution is 7.99. The fraction of sp³-hybridized carbons (Fsp3) is 0.364. The molecule has 0 aliphatic carbocycles. The van der Waals surface area contributed by atoms with Crippen LogP contribution >= 0.6 is 11.8 Å². The van der Waals surface area contributed by atoms with Gasteiger partial charge in [0.25, 0.3) is 11.1 Å². The Kier molecular flexibility index (Phi) is 7.17. The summed E-state index contributed by atoms with van der Waals surface area (Å²) in [5, 5.41) is 8.23. The lowest BCUT2D eigenvalue weighted by atomic mass is 10.1. The largest absolute Gasteiger partial charge is 0.484 e. The van der Waals surface area contributed by atoms with E-state index in [1.165, 1.54) is 0 Å². The van der Waals surface area contributed by atoms with Crippen molar-refractivity contribution in [1.82, 2.24) is 15.2 Å². The molecule has 0 fully saturated rings. The number of carbonyl (C=O) groups excluding carboxylic acids is 2. The van der Waals surface area contributed by atoms with Gasteiger partial charge < -0.3 is 18.9 Å². The molecule has 0 saturated carbocycles. The number of thioether (sulfide) groups is 1. The first-order valence-electron chi connectivity index (χ1n) is 9.84. The summed E-state index contributed by atoms with van der Waals surface area (Å²) in [6, 6.07) is 5.96. The number of ketones is 1. The summed E-state index contributed by atoms with van der Waals surface area (Å²) in [4.78, 5) is 27.7. The first-order chi connectivity index (χ1) is 14.8. The van der Waals surface area contributed by atoms with Crippen LogP contribution in [-0.2, 0) is 11.3 Å². The van der Waals surface area contributed by atoms with E-state index in [9.17, 15) is 9.59 Å². The van der Waals surface area contributed by atoms with Crippen molar-refractivity contribution in [3.63, 3.8) is 0 Å². The number of aromatic nitrogens is 3. The van der Waals surface area contributed by atoms with Crippen molar-refractivity contribution in [3.05, 3.63) is 57.7 Å². The lowest BCUT2D eigenvalue weighted by Gasteiger charge is -2.07. The van der Waals surface area contributed by atoms with Crippen LogP contribution in [-0.4, -0.2) is 39.3 Å². The SMILES string of the molecule is CCOC(=O)c1[nH]c(C)c(C(=O)CSc2nnc(COc3cc(C)ccc3C)o2)c1C. The van der Waals surface area contributed by atoms with E-state index >= 15 is 0 Å². The van der Waals surface area contributed by atoms with E-state index < -0.39 is 5.97 Å². The van der Waals surface area contributed by atoms with Crippen molar-refractivity contribution in [2.75, 3.05) is 12.4 Å². The second-order valence-corrected chi connectivity index (χ2v) is 8.00. The molecule has 164 valence electrons. The van der Waals surface area contributed by atoms with Crippen LogP contribution in [0.2, 0.25) is 0 Å². The lowest BCUT2D eigenvalue weighted by molar-refractivity contribution is 0.0519. The second kappa shape index (κ2) is 9.82. The van der Waals surface area contributed by atoms with Gasteiger partial charge in [-0.15, -0.1) is 10.2 Å². The molecule has 9 heteroatoms. The molecule has 0 amide bonds. The van der Waals surface area contributed by atoms with Gasteiger partial charge in [-0.2, -0.15) is 0 Å². The number of rotatable bonds is 9. The van der Waals surface area contributed by atoms with Gasteiger partial charge >= 0.3 is 5.97 Å². The van der Waals surface area contributed by atoms with Crippen molar-refractivity contribution in [1.29, 1.82) is 0 Å². The quantitative estimate of drug-likeness (QED) is 0.295. The first-order valence-corrected chi connectivity index (χ1v) is 10.8. The van der Waals surface area contributed by atoms with Crippen LogP contribution < -0.4 is 4.74 Å². The zero-order valence-electron chi connectivity index (χ0n) is 18.2. The number of hydrogen-bond donors (Lipinski definition) is 1. The van der Waals surface area contributed by atoms with Gasteiger partial charge in [-0.1, -0.05) is 23.9 Å². The van der Waals surface area contributed by atoms with Gasteiger partial charge in [0.05, 0.1) is 12.4 Å². The normalized spacial score (nSPS) is 10.9. The van der Waals surface area contributed by atoms with Gasteiger partial charge in [-0.05, 0) is 57.4 Å². The van der Waals surface area contributed by atoms with Gasteiger partial charge in [0, 0.05) is 11.3 Å². The van der Waals surface area contributed by atoms with Gasteiger partial charge in [0.1, 0.15) is 11.4 Å². The topological polar surface area (TPSA) is 107 Å². The van der Waals surface area contributed by atoms with Crippen LogP contribution in [0.3, 0.4) is 0 Å². The van der Waals surface area contributed by atoms with E-state index in [0.29, 0.717) is 28.4 Å². The lowest BCUT2D eigenvalue weighted by Crippen LogP contribution is -2.08. The molecule has 31 heavy (non-hydrogen) atoms. The summed E-state index contributed by atoms with van der Waals surface area (Å²) in [7, 11) is 0. The Morgan fingerprint density at radius 1 is 1.16 bits per heavy atom. The number of nitrogens with zero attached hydrogens (tertiary/aromatic N) is 2. The molecular weight excluding hydrogens is 418 g/mol. The van der Waals surface area contributed by atoms with E-state index in [-0.39, 0.29) is 30.0 Å². The Morgan fingerprint density at radius 3 is 2.68 bits per heavy atom. The average Bonchev–Trinajstić information content (AvgIpc) is 3.31. The number of carbonyl (C=O) groups is 2. The number of H-pyrrole nitrogens is 1. The zero-order chi connectivity index (χ0) is 22.5. The van der Waals surface area contributed by atoms with Gasteiger partial charge in [-0.25, -0.2) is 4.79 Å². The molecule has 2 heterocycles. The molecule has 1 aromatic carbocycles. The highest BCUT2D eigenvalue weighted by Gasteiger charge is 2.23. The monoisotopic (exact) mass is 443 g/mol. The maximum Gasteiger partial charge on any atom is 0.355 e. The van der Waals surface area contributed by atoms with Crippen LogP contribution in [0.25, 0.3) is 0 Å². The minimum atomic E-state index is -0.472. The molecule has 0 atom stereocenters. The second-order valence-electron chi connectivity index (χ2n) is 7.08. The standard InChI is InChI=1S/C22H25N3O5S/c1-6-28-21(27)20-14(4)19(15(5)23-20)16(26)11-31-22-25-24-18(30-22)10-29-17-9-12(2)7-8-13(17)3/h7-9,23H,6,10-11H2,1-5H3. The summed E-state index contributed by atoms with van der Waals surface area (Å²) in [5.41, 5.74) is 4.10. The van der Waals surface area contributed by atoms with Crippen LogP contribution in [0.4, 0.5) is 0 Å². The molecule has 0 aliphatic rings. The predicted molar refractivity (Wildman–Crippen MR) is 116 cm³/mol. The Balaban J connectivity index is 1.60. The summed E-state index contributed by atoms with van der Waals surface area (Å²) >= 11 is 1.14. The number of nitrogens with one attached hydrogen (secondary N) is 1. The molecule has 0 spiro atoms. The van der Waals surface area contributed by atoms with Crippen molar-refractivity contribution >= 4 is 23.5 Å². The third-order valence-electron chi connectivity index (χ3n) is 4.67. The summed E-state index contributed by atoms with van der Waals surface area (Å²) in [6.45, 7) is 9.58. The van der Waals surface area contributed by atoms with Crippen LogP contribution in [0.5, 0.6) is 5.75 Å². The smallest absolute Gasteiger partial charge is 0.355 e. The molecule has 1 N–H and O–H groups in total. The van der Waals surface area contributed by atoms with Gasteiger partial charge in [0.2, 0.25) is 0 Å². The third-order valence-corrected chi connectivity index (χ3v) is 5.48. The molecule has 2 aromatic heterocycles. The fourth-order valence-electron chi connectivity index (χ4n) is 3.13. The Morgan fingerprint density at radius 2 is 1.94 bits per heavy atom. The summed E-state index contributed by atoms with van der Waals surface area (Å²) in [6.07, 6.45) is 0. The van der Waals surface area contributed by atoms with Crippen LogP contribution in [0.1, 0.15) is 56.0 Å². The molecule has 3 aromatic rings. The number of Topliss-reactive ketones (excluding diaryl/α,β-unsaturated/α-hetero) is 1.